The minimum atomic E-state index is 0.342. The zero-order valence-corrected chi connectivity index (χ0v) is 11.2. The molecule has 17 heavy (non-hydrogen) atoms. The van der Waals surface area contributed by atoms with Gasteiger partial charge in [0, 0.05) is 17.4 Å². The molecular weight excluding hydrogens is 302 g/mol. The van der Waals surface area contributed by atoms with E-state index >= 15 is 0 Å². The average Bonchev–Trinajstić information content (AvgIpc) is 2.57. The van der Waals surface area contributed by atoms with Crippen LogP contribution in [0.5, 0.6) is 0 Å². The largest absolute Gasteiger partial charge is 0.318 e. The Morgan fingerprint density at radius 2 is 1.53 bits per heavy atom. The van der Waals surface area contributed by atoms with Crippen molar-refractivity contribution in [1.29, 1.82) is 5.26 Å². The van der Waals surface area contributed by atoms with Gasteiger partial charge in [-0.05, 0) is 12.1 Å². The average molecular weight is 306 g/mol. The van der Waals surface area contributed by atoms with Gasteiger partial charge in [0.15, 0.2) is 0 Å². The van der Waals surface area contributed by atoms with Crippen molar-refractivity contribution < 1.29 is 0 Å². The van der Waals surface area contributed by atoms with Crippen LogP contribution in [0.25, 0.3) is 5.69 Å². The molecule has 2 aromatic rings. The molecule has 0 spiro atoms. The Labute approximate surface area is 118 Å². The normalized spacial score (nSPS) is 10.3. The second kappa shape index (κ2) is 4.80. The molecule has 0 radical (unpaired) electrons. The van der Waals surface area contributed by atoms with Crippen LogP contribution < -0.4 is 0 Å². The Morgan fingerprint density at radius 1 is 0.941 bits per heavy atom. The van der Waals surface area contributed by atoms with Crippen molar-refractivity contribution in [2.45, 2.75) is 0 Å². The standard InChI is InChI=1S/C11H4Cl4N2/c12-7-1-8(13)11(9(14)2-7)17-4-6(3-16)10(15)5-17/h1-2,4-5H. The van der Waals surface area contributed by atoms with Crippen molar-refractivity contribution in [3.05, 3.63) is 50.2 Å². The van der Waals surface area contributed by atoms with E-state index < -0.39 is 0 Å². The Hall–Kier alpha value is -0.850. The predicted molar refractivity (Wildman–Crippen MR) is 70.5 cm³/mol. The second-order valence-corrected chi connectivity index (χ2v) is 4.91. The summed E-state index contributed by atoms with van der Waals surface area (Å²) in [4.78, 5) is 0. The number of nitrogens with zero attached hydrogens (tertiary/aromatic N) is 2. The molecule has 0 saturated carbocycles. The van der Waals surface area contributed by atoms with E-state index in [9.17, 15) is 0 Å². The van der Waals surface area contributed by atoms with Gasteiger partial charge in [0.25, 0.3) is 0 Å². The lowest BCUT2D eigenvalue weighted by Gasteiger charge is -2.08. The Morgan fingerprint density at radius 3 is 2.00 bits per heavy atom. The summed E-state index contributed by atoms with van der Waals surface area (Å²) in [6.45, 7) is 0. The minimum Gasteiger partial charge on any atom is -0.318 e. The number of nitriles is 1. The Balaban J connectivity index is 2.65. The molecule has 0 amide bonds. The number of halogens is 4. The summed E-state index contributed by atoms with van der Waals surface area (Å²) < 4.78 is 1.60. The van der Waals surface area contributed by atoms with Gasteiger partial charge in [-0.25, -0.2) is 0 Å². The topological polar surface area (TPSA) is 28.7 Å². The van der Waals surface area contributed by atoms with E-state index in [0.717, 1.165) is 0 Å². The molecule has 6 heteroatoms. The van der Waals surface area contributed by atoms with Crippen molar-refractivity contribution in [2.24, 2.45) is 0 Å². The van der Waals surface area contributed by atoms with Crippen LogP contribution in [-0.4, -0.2) is 4.57 Å². The van der Waals surface area contributed by atoms with E-state index in [0.29, 0.717) is 31.3 Å². The molecule has 0 atom stereocenters. The summed E-state index contributed by atoms with van der Waals surface area (Å²) in [6.07, 6.45) is 3.13. The van der Waals surface area contributed by atoms with Crippen molar-refractivity contribution >= 4 is 46.4 Å². The highest BCUT2D eigenvalue weighted by atomic mass is 35.5. The van der Waals surface area contributed by atoms with Gasteiger partial charge in [0.1, 0.15) is 6.07 Å². The molecule has 0 aliphatic rings. The van der Waals surface area contributed by atoms with Gasteiger partial charge in [-0.3, -0.25) is 0 Å². The van der Waals surface area contributed by atoms with Gasteiger partial charge in [-0.2, -0.15) is 5.26 Å². The van der Waals surface area contributed by atoms with Crippen molar-refractivity contribution in [2.75, 3.05) is 0 Å². The van der Waals surface area contributed by atoms with E-state index in [1.54, 1.807) is 29.1 Å². The van der Waals surface area contributed by atoms with Crippen LogP contribution in [0.15, 0.2) is 24.5 Å². The molecule has 1 aromatic heterocycles. The molecule has 1 aromatic carbocycles. The van der Waals surface area contributed by atoms with Gasteiger partial charge in [-0.15, -0.1) is 0 Å². The van der Waals surface area contributed by atoms with E-state index in [1.807, 2.05) is 6.07 Å². The molecule has 0 unspecified atom stereocenters. The number of hydrogen-bond donors (Lipinski definition) is 0. The molecule has 0 aliphatic heterocycles. The van der Waals surface area contributed by atoms with Crippen molar-refractivity contribution in [3.8, 4) is 11.8 Å². The van der Waals surface area contributed by atoms with E-state index in [4.69, 9.17) is 51.7 Å². The zero-order valence-electron chi connectivity index (χ0n) is 8.22. The minimum absolute atomic E-state index is 0.342. The first-order valence-corrected chi connectivity index (χ1v) is 5.96. The third-order valence-corrected chi connectivity index (χ3v) is 3.23. The smallest absolute Gasteiger partial charge is 0.102 e. The monoisotopic (exact) mass is 304 g/mol. The summed E-state index contributed by atoms with van der Waals surface area (Å²) in [5.41, 5.74) is 0.898. The van der Waals surface area contributed by atoms with Gasteiger partial charge < -0.3 is 4.57 Å². The van der Waals surface area contributed by atoms with Gasteiger partial charge in [-0.1, -0.05) is 46.4 Å². The summed E-state index contributed by atoms with van der Waals surface area (Å²) in [7, 11) is 0. The van der Waals surface area contributed by atoms with Crippen molar-refractivity contribution in [1.82, 2.24) is 4.57 Å². The second-order valence-electron chi connectivity index (χ2n) is 3.26. The number of hydrogen-bond acceptors (Lipinski definition) is 1. The highest BCUT2D eigenvalue weighted by molar-refractivity contribution is 6.40. The molecule has 0 bridgehead atoms. The van der Waals surface area contributed by atoms with Crippen molar-refractivity contribution in [3.63, 3.8) is 0 Å². The fraction of sp³-hybridized carbons (Fsp3) is 0. The first-order valence-electron chi connectivity index (χ1n) is 4.45. The fourth-order valence-electron chi connectivity index (χ4n) is 1.42. The molecule has 2 nitrogen and oxygen atoms in total. The summed E-state index contributed by atoms with van der Waals surface area (Å²) in [5.74, 6) is 0. The quantitative estimate of drug-likeness (QED) is 0.732. The molecule has 0 aliphatic carbocycles. The maximum absolute atomic E-state index is 8.83. The SMILES string of the molecule is N#Cc1cn(-c2c(Cl)cc(Cl)cc2Cl)cc1Cl. The van der Waals surface area contributed by atoms with Crippen LogP contribution in [0.4, 0.5) is 0 Å². The lowest BCUT2D eigenvalue weighted by atomic mass is 10.3. The van der Waals surface area contributed by atoms with Crippen LogP contribution in [-0.2, 0) is 0 Å². The summed E-state index contributed by atoms with van der Waals surface area (Å²) >= 11 is 23.8. The lowest BCUT2D eigenvalue weighted by molar-refractivity contribution is 1.08. The number of aromatic nitrogens is 1. The maximum Gasteiger partial charge on any atom is 0.102 e. The van der Waals surface area contributed by atoms with Crippen LogP contribution in [0.3, 0.4) is 0 Å². The predicted octanol–water partition coefficient (Wildman–Crippen LogP) is 4.96. The van der Waals surface area contributed by atoms with Crippen LogP contribution >= 0.6 is 46.4 Å². The Kier molecular flexibility index (Phi) is 3.56. The molecule has 0 saturated heterocycles. The van der Waals surface area contributed by atoms with E-state index in [1.165, 1.54) is 0 Å². The molecule has 1 heterocycles. The first kappa shape index (κ1) is 12.6. The van der Waals surface area contributed by atoms with Crippen LogP contribution in [0.2, 0.25) is 20.1 Å². The van der Waals surface area contributed by atoms with Gasteiger partial charge in [0.2, 0.25) is 0 Å². The third-order valence-electron chi connectivity index (χ3n) is 2.14. The number of rotatable bonds is 1. The van der Waals surface area contributed by atoms with E-state index in [-0.39, 0.29) is 0 Å². The maximum atomic E-state index is 8.83. The van der Waals surface area contributed by atoms with Crippen LogP contribution in [0, 0.1) is 11.3 Å². The number of benzene rings is 1. The van der Waals surface area contributed by atoms with Gasteiger partial charge in [0.05, 0.1) is 26.3 Å². The lowest BCUT2D eigenvalue weighted by Crippen LogP contribution is -1.92. The Bertz CT molecular complexity index is 602. The summed E-state index contributed by atoms with van der Waals surface area (Å²) in [5, 5.41) is 10.4. The molecule has 0 N–H and O–H groups in total. The molecular formula is C11H4Cl4N2. The van der Waals surface area contributed by atoms with Gasteiger partial charge >= 0.3 is 0 Å². The van der Waals surface area contributed by atoms with E-state index in [2.05, 4.69) is 0 Å². The highest BCUT2D eigenvalue weighted by Crippen LogP contribution is 2.33. The molecule has 86 valence electrons. The molecule has 0 fully saturated rings. The molecule has 2 rings (SSSR count). The van der Waals surface area contributed by atoms with Crippen LogP contribution in [0.1, 0.15) is 5.56 Å². The zero-order chi connectivity index (χ0) is 12.6. The highest BCUT2D eigenvalue weighted by Gasteiger charge is 2.12. The first-order chi connectivity index (χ1) is 8.02. The third kappa shape index (κ3) is 2.38. The fourth-order valence-corrected chi connectivity index (χ4v) is 2.63. The summed E-state index contributed by atoms with van der Waals surface area (Å²) in [6, 6.07) is 5.12.